The number of pyridine rings is 1. The van der Waals surface area contributed by atoms with E-state index in [2.05, 4.69) is 9.88 Å². The van der Waals surface area contributed by atoms with E-state index in [0.717, 1.165) is 17.9 Å². The van der Waals surface area contributed by atoms with E-state index in [9.17, 15) is 5.11 Å². The highest BCUT2D eigenvalue weighted by Gasteiger charge is 2.25. The second-order valence-electron chi connectivity index (χ2n) is 4.89. The average Bonchev–Trinajstić information content (AvgIpc) is 2.38. The lowest BCUT2D eigenvalue weighted by Crippen LogP contribution is -2.48. The van der Waals surface area contributed by atoms with Gasteiger partial charge in [-0.1, -0.05) is 0 Å². The Morgan fingerprint density at radius 1 is 1.56 bits per heavy atom. The van der Waals surface area contributed by atoms with Gasteiger partial charge in [0.1, 0.15) is 0 Å². The maximum Gasteiger partial charge on any atom is 0.0984 e. The number of ether oxygens (including phenoxy) is 1. The number of rotatable bonds is 3. The molecule has 2 unspecified atom stereocenters. The number of morpholine rings is 1. The molecule has 5 heteroatoms. The van der Waals surface area contributed by atoms with Gasteiger partial charge in [0.2, 0.25) is 0 Å². The van der Waals surface area contributed by atoms with Gasteiger partial charge >= 0.3 is 0 Å². The second-order valence-corrected chi connectivity index (χ2v) is 4.89. The SMILES string of the molecule is CC1CN(c2ccc([C@@H](C)N)nc2)CC(CO)O1. The fraction of sp³-hybridized carbons (Fsp3) is 0.615. The summed E-state index contributed by atoms with van der Waals surface area (Å²) in [4.78, 5) is 6.55. The summed E-state index contributed by atoms with van der Waals surface area (Å²) in [6, 6.07) is 3.93. The molecule has 18 heavy (non-hydrogen) atoms. The summed E-state index contributed by atoms with van der Waals surface area (Å²) >= 11 is 0. The Kier molecular flexibility index (Phi) is 4.16. The predicted molar refractivity (Wildman–Crippen MR) is 70.5 cm³/mol. The molecule has 5 nitrogen and oxygen atoms in total. The zero-order valence-electron chi connectivity index (χ0n) is 10.9. The first-order chi connectivity index (χ1) is 8.60. The molecule has 1 aliphatic heterocycles. The number of aromatic nitrogens is 1. The fourth-order valence-electron chi connectivity index (χ4n) is 2.21. The van der Waals surface area contributed by atoms with Gasteiger partial charge in [0.15, 0.2) is 0 Å². The Bertz CT molecular complexity index is 380. The summed E-state index contributed by atoms with van der Waals surface area (Å²) in [5.41, 5.74) is 7.72. The van der Waals surface area contributed by atoms with Gasteiger partial charge in [-0.25, -0.2) is 0 Å². The minimum absolute atomic E-state index is 0.0478. The average molecular weight is 251 g/mol. The van der Waals surface area contributed by atoms with Crippen LogP contribution in [0.1, 0.15) is 25.6 Å². The lowest BCUT2D eigenvalue weighted by Gasteiger charge is -2.37. The van der Waals surface area contributed by atoms with Crippen molar-refractivity contribution in [1.29, 1.82) is 0 Å². The Balaban J connectivity index is 2.10. The lowest BCUT2D eigenvalue weighted by atomic mass is 10.2. The van der Waals surface area contributed by atoms with Gasteiger partial charge in [0, 0.05) is 19.1 Å². The second kappa shape index (κ2) is 5.65. The molecule has 0 aliphatic carbocycles. The van der Waals surface area contributed by atoms with E-state index in [1.807, 2.05) is 32.2 Å². The van der Waals surface area contributed by atoms with Crippen LogP contribution in [-0.2, 0) is 4.74 Å². The van der Waals surface area contributed by atoms with Crippen LogP contribution in [0.3, 0.4) is 0 Å². The van der Waals surface area contributed by atoms with Gasteiger partial charge in [-0.05, 0) is 26.0 Å². The van der Waals surface area contributed by atoms with Crippen molar-refractivity contribution in [2.24, 2.45) is 5.73 Å². The zero-order valence-corrected chi connectivity index (χ0v) is 10.9. The van der Waals surface area contributed by atoms with E-state index in [4.69, 9.17) is 10.5 Å². The molecule has 0 aromatic carbocycles. The maximum absolute atomic E-state index is 9.21. The van der Waals surface area contributed by atoms with Crippen molar-refractivity contribution in [3.63, 3.8) is 0 Å². The van der Waals surface area contributed by atoms with Crippen molar-refractivity contribution in [1.82, 2.24) is 4.98 Å². The molecular weight excluding hydrogens is 230 g/mol. The van der Waals surface area contributed by atoms with Crippen LogP contribution in [0.15, 0.2) is 18.3 Å². The third kappa shape index (κ3) is 2.98. The Hall–Kier alpha value is -1.17. The highest BCUT2D eigenvalue weighted by atomic mass is 16.5. The van der Waals surface area contributed by atoms with E-state index in [0.29, 0.717) is 6.54 Å². The molecule has 0 radical (unpaired) electrons. The number of aliphatic hydroxyl groups is 1. The van der Waals surface area contributed by atoms with E-state index in [-0.39, 0.29) is 24.9 Å². The van der Waals surface area contributed by atoms with Crippen molar-refractivity contribution in [2.45, 2.75) is 32.1 Å². The summed E-state index contributed by atoms with van der Waals surface area (Å²) in [6.07, 6.45) is 1.83. The monoisotopic (exact) mass is 251 g/mol. The number of hydrogen-bond donors (Lipinski definition) is 2. The molecule has 1 aromatic rings. The molecule has 2 rings (SSSR count). The van der Waals surface area contributed by atoms with Crippen LogP contribution in [0.4, 0.5) is 5.69 Å². The van der Waals surface area contributed by atoms with Gasteiger partial charge in [-0.3, -0.25) is 4.98 Å². The number of anilines is 1. The molecule has 1 aromatic heterocycles. The van der Waals surface area contributed by atoms with Crippen LogP contribution in [-0.4, -0.2) is 42.0 Å². The molecule has 2 heterocycles. The van der Waals surface area contributed by atoms with Crippen LogP contribution in [0.5, 0.6) is 0 Å². The zero-order chi connectivity index (χ0) is 13.1. The number of aliphatic hydroxyl groups excluding tert-OH is 1. The summed E-state index contributed by atoms with van der Waals surface area (Å²) in [7, 11) is 0. The van der Waals surface area contributed by atoms with E-state index >= 15 is 0 Å². The first-order valence-corrected chi connectivity index (χ1v) is 6.33. The van der Waals surface area contributed by atoms with Crippen LogP contribution in [0.2, 0.25) is 0 Å². The van der Waals surface area contributed by atoms with Gasteiger partial charge in [0.05, 0.1) is 36.4 Å². The first kappa shape index (κ1) is 13.3. The van der Waals surface area contributed by atoms with Gasteiger partial charge in [0.25, 0.3) is 0 Å². The first-order valence-electron chi connectivity index (χ1n) is 6.33. The quantitative estimate of drug-likeness (QED) is 0.827. The van der Waals surface area contributed by atoms with Crippen molar-refractivity contribution in [3.05, 3.63) is 24.0 Å². The summed E-state index contributed by atoms with van der Waals surface area (Å²) in [6.45, 7) is 5.49. The predicted octanol–water partition coefficient (Wildman–Crippen LogP) is 0.687. The maximum atomic E-state index is 9.21. The van der Waals surface area contributed by atoms with Crippen LogP contribution >= 0.6 is 0 Å². The van der Waals surface area contributed by atoms with Crippen molar-refractivity contribution in [2.75, 3.05) is 24.6 Å². The largest absolute Gasteiger partial charge is 0.394 e. The van der Waals surface area contributed by atoms with Gasteiger partial charge in [-0.2, -0.15) is 0 Å². The minimum Gasteiger partial charge on any atom is -0.394 e. The highest BCUT2D eigenvalue weighted by molar-refractivity contribution is 5.45. The summed E-state index contributed by atoms with van der Waals surface area (Å²) in [5.74, 6) is 0. The molecule has 0 saturated carbocycles. The van der Waals surface area contributed by atoms with Crippen molar-refractivity contribution in [3.8, 4) is 0 Å². The fourth-order valence-corrected chi connectivity index (χ4v) is 2.21. The molecule has 1 aliphatic rings. The molecular formula is C13H21N3O2. The molecule has 3 N–H and O–H groups in total. The third-order valence-corrected chi connectivity index (χ3v) is 3.13. The Morgan fingerprint density at radius 2 is 2.33 bits per heavy atom. The Morgan fingerprint density at radius 3 is 2.89 bits per heavy atom. The van der Waals surface area contributed by atoms with Crippen molar-refractivity contribution < 1.29 is 9.84 Å². The van der Waals surface area contributed by atoms with Gasteiger partial charge < -0.3 is 20.5 Å². The summed E-state index contributed by atoms with van der Waals surface area (Å²) < 4.78 is 5.62. The van der Waals surface area contributed by atoms with Crippen LogP contribution < -0.4 is 10.6 Å². The molecule has 1 fully saturated rings. The minimum atomic E-state index is -0.123. The number of hydrogen-bond acceptors (Lipinski definition) is 5. The molecule has 1 saturated heterocycles. The van der Waals surface area contributed by atoms with Crippen molar-refractivity contribution >= 4 is 5.69 Å². The molecule has 3 atom stereocenters. The molecule has 0 spiro atoms. The molecule has 0 amide bonds. The van der Waals surface area contributed by atoms with Crippen LogP contribution in [0, 0.1) is 0 Å². The number of nitrogens with zero attached hydrogens (tertiary/aromatic N) is 2. The Labute approximate surface area is 108 Å². The lowest BCUT2D eigenvalue weighted by molar-refractivity contribution is -0.0421. The molecule has 100 valence electrons. The standard InChI is InChI=1S/C13H21N3O2/c1-9-6-16(7-12(8-17)18-9)11-3-4-13(10(2)14)15-5-11/h3-5,9-10,12,17H,6-8,14H2,1-2H3/t9?,10-,12?/m1/s1. The topological polar surface area (TPSA) is 71.6 Å². The van der Waals surface area contributed by atoms with E-state index < -0.39 is 0 Å². The van der Waals surface area contributed by atoms with Gasteiger partial charge in [-0.15, -0.1) is 0 Å². The number of nitrogens with two attached hydrogens (primary N) is 1. The normalized spacial score (nSPS) is 26.1. The smallest absolute Gasteiger partial charge is 0.0984 e. The molecule has 0 bridgehead atoms. The van der Waals surface area contributed by atoms with E-state index in [1.54, 1.807) is 0 Å². The highest BCUT2D eigenvalue weighted by Crippen LogP contribution is 2.20. The van der Waals surface area contributed by atoms with Crippen LogP contribution in [0.25, 0.3) is 0 Å². The van der Waals surface area contributed by atoms with E-state index in [1.165, 1.54) is 0 Å². The summed E-state index contributed by atoms with van der Waals surface area (Å²) in [5, 5.41) is 9.21. The third-order valence-electron chi connectivity index (χ3n) is 3.13.